The highest BCUT2D eigenvalue weighted by atomic mass is 32.2. The molecule has 5 rings (SSSR count). The number of carbonyl (C=O) groups excluding carboxylic acids is 3. The first-order chi connectivity index (χ1) is 17.5. The maximum atomic E-state index is 13.7. The Labute approximate surface area is 210 Å². The zero-order chi connectivity index (χ0) is 25.1. The number of aryl methyl sites for hydroxylation is 1. The summed E-state index contributed by atoms with van der Waals surface area (Å²) in [7, 11) is 0. The molecule has 1 fully saturated rings. The molecule has 0 spiro atoms. The minimum absolute atomic E-state index is 0.118. The Morgan fingerprint density at radius 2 is 1.56 bits per heavy atom. The molecule has 0 radical (unpaired) electrons. The Kier molecular flexibility index (Phi) is 6.21. The fourth-order valence-electron chi connectivity index (χ4n) is 3.97. The van der Waals surface area contributed by atoms with Crippen LogP contribution in [0.1, 0.15) is 16.7 Å². The number of amides is 4. The normalized spacial score (nSPS) is 14.5. The van der Waals surface area contributed by atoms with Crippen molar-refractivity contribution in [1.29, 1.82) is 0 Å². The summed E-state index contributed by atoms with van der Waals surface area (Å²) in [6, 6.07) is 24.7. The van der Waals surface area contributed by atoms with Gasteiger partial charge in [0, 0.05) is 0 Å². The van der Waals surface area contributed by atoms with Gasteiger partial charge in [0.2, 0.25) is 11.1 Å². The summed E-state index contributed by atoms with van der Waals surface area (Å²) in [6.45, 7) is 1.98. The van der Waals surface area contributed by atoms with E-state index in [2.05, 4.69) is 26.3 Å². The van der Waals surface area contributed by atoms with Crippen molar-refractivity contribution < 1.29 is 14.4 Å². The lowest BCUT2D eigenvalue weighted by molar-refractivity contribution is -0.137. The zero-order valence-corrected chi connectivity index (χ0v) is 20.0. The first kappa shape index (κ1) is 23.2. The molecule has 1 aromatic heterocycles. The molecule has 4 aromatic rings. The SMILES string of the molecule is Cc1ccc(-n2nnnc2SCC(=O)NN2C(=O)NC(c3ccccc3)(c3ccccc3)C2=O)cc1. The van der Waals surface area contributed by atoms with Crippen LogP contribution in [-0.4, -0.2) is 48.8 Å². The van der Waals surface area contributed by atoms with Gasteiger partial charge in [-0.1, -0.05) is 90.1 Å². The molecule has 0 unspecified atom stereocenters. The van der Waals surface area contributed by atoms with Gasteiger partial charge in [0.05, 0.1) is 11.4 Å². The van der Waals surface area contributed by atoms with E-state index in [9.17, 15) is 14.4 Å². The van der Waals surface area contributed by atoms with Crippen LogP contribution in [0, 0.1) is 6.92 Å². The summed E-state index contributed by atoms with van der Waals surface area (Å²) < 4.78 is 1.51. The smallest absolute Gasteiger partial charge is 0.314 e. The molecule has 10 nitrogen and oxygen atoms in total. The van der Waals surface area contributed by atoms with Crippen molar-refractivity contribution >= 4 is 29.6 Å². The predicted octanol–water partition coefficient (Wildman–Crippen LogP) is 2.59. The molecular weight excluding hydrogens is 478 g/mol. The monoisotopic (exact) mass is 499 g/mol. The number of benzene rings is 3. The number of carbonyl (C=O) groups is 3. The van der Waals surface area contributed by atoms with Crippen LogP contribution in [0.3, 0.4) is 0 Å². The van der Waals surface area contributed by atoms with Crippen LogP contribution in [0.25, 0.3) is 5.69 Å². The van der Waals surface area contributed by atoms with Crippen LogP contribution in [0.5, 0.6) is 0 Å². The maximum Gasteiger partial charge on any atom is 0.344 e. The van der Waals surface area contributed by atoms with Crippen LogP contribution in [0.4, 0.5) is 4.79 Å². The third-order valence-corrected chi connectivity index (χ3v) is 6.64. The molecule has 1 aliphatic heterocycles. The molecule has 2 N–H and O–H groups in total. The average molecular weight is 500 g/mol. The van der Waals surface area contributed by atoms with Crippen LogP contribution in [0.15, 0.2) is 90.1 Å². The number of nitrogens with one attached hydrogen (secondary N) is 2. The van der Waals surface area contributed by atoms with E-state index < -0.39 is 23.4 Å². The number of thioether (sulfide) groups is 1. The number of imide groups is 1. The van der Waals surface area contributed by atoms with E-state index in [1.807, 2.05) is 43.3 Å². The van der Waals surface area contributed by atoms with E-state index >= 15 is 0 Å². The minimum atomic E-state index is -1.46. The Morgan fingerprint density at radius 1 is 0.944 bits per heavy atom. The average Bonchev–Trinajstić information content (AvgIpc) is 3.48. The molecule has 1 aliphatic rings. The number of nitrogens with zero attached hydrogens (tertiary/aromatic N) is 5. The van der Waals surface area contributed by atoms with Gasteiger partial charge < -0.3 is 5.32 Å². The summed E-state index contributed by atoms with van der Waals surface area (Å²) in [5.74, 6) is -1.28. The van der Waals surface area contributed by atoms with E-state index in [0.29, 0.717) is 16.3 Å². The second kappa shape index (κ2) is 9.62. The molecular formula is C25H21N7O3S. The van der Waals surface area contributed by atoms with Crippen molar-refractivity contribution in [3.8, 4) is 5.69 Å². The number of urea groups is 1. The molecule has 2 heterocycles. The van der Waals surface area contributed by atoms with Gasteiger partial charge in [-0.15, -0.1) is 5.10 Å². The summed E-state index contributed by atoms with van der Waals surface area (Å²) >= 11 is 1.08. The fraction of sp³-hybridized carbons (Fsp3) is 0.120. The maximum absolute atomic E-state index is 13.7. The Morgan fingerprint density at radius 3 is 2.17 bits per heavy atom. The second-order valence-electron chi connectivity index (χ2n) is 8.09. The third-order valence-electron chi connectivity index (χ3n) is 5.72. The molecule has 0 bridgehead atoms. The lowest BCUT2D eigenvalue weighted by Crippen LogP contribution is -2.49. The number of hydrazine groups is 1. The molecule has 0 atom stereocenters. The Bertz CT molecular complexity index is 1370. The zero-order valence-electron chi connectivity index (χ0n) is 19.2. The summed E-state index contributed by atoms with van der Waals surface area (Å²) in [4.78, 5) is 39.4. The van der Waals surface area contributed by atoms with Crippen LogP contribution >= 0.6 is 11.8 Å². The largest absolute Gasteiger partial charge is 0.344 e. The van der Waals surface area contributed by atoms with Gasteiger partial charge in [-0.05, 0) is 40.6 Å². The molecule has 4 amide bonds. The molecule has 1 saturated heterocycles. The fourth-order valence-corrected chi connectivity index (χ4v) is 4.65. The van der Waals surface area contributed by atoms with Crippen molar-refractivity contribution in [3.63, 3.8) is 0 Å². The van der Waals surface area contributed by atoms with E-state index in [4.69, 9.17) is 0 Å². The van der Waals surface area contributed by atoms with Crippen molar-refractivity contribution in [3.05, 3.63) is 102 Å². The van der Waals surface area contributed by atoms with Crippen molar-refractivity contribution in [2.45, 2.75) is 17.6 Å². The Balaban J connectivity index is 1.33. The van der Waals surface area contributed by atoms with Crippen molar-refractivity contribution in [2.24, 2.45) is 0 Å². The highest BCUT2D eigenvalue weighted by Crippen LogP contribution is 2.35. The lowest BCUT2D eigenvalue weighted by atomic mass is 9.83. The summed E-state index contributed by atoms with van der Waals surface area (Å²) in [6.07, 6.45) is 0. The number of tetrazole rings is 1. The number of hydrogen-bond donors (Lipinski definition) is 2. The highest BCUT2D eigenvalue weighted by molar-refractivity contribution is 7.99. The first-order valence-electron chi connectivity index (χ1n) is 11.0. The van der Waals surface area contributed by atoms with E-state index in [1.165, 1.54) is 4.68 Å². The Hall–Kier alpha value is -4.51. The third kappa shape index (κ3) is 4.20. The van der Waals surface area contributed by atoms with Crippen LogP contribution < -0.4 is 10.7 Å². The van der Waals surface area contributed by atoms with Gasteiger partial charge in [0.25, 0.3) is 5.91 Å². The first-order valence-corrected chi connectivity index (χ1v) is 12.0. The van der Waals surface area contributed by atoms with Gasteiger partial charge in [-0.2, -0.15) is 9.69 Å². The van der Waals surface area contributed by atoms with Crippen LogP contribution in [-0.2, 0) is 15.1 Å². The molecule has 0 aliphatic carbocycles. The van der Waals surface area contributed by atoms with E-state index in [0.717, 1.165) is 28.0 Å². The number of hydrogen-bond acceptors (Lipinski definition) is 7. The van der Waals surface area contributed by atoms with Gasteiger partial charge in [0.1, 0.15) is 0 Å². The molecule has 36 heavy (non-hydrogen) atoms. The highest BCUT2D eigenvalue weighted by Gasteiger charge is 2.54. The summed E-state index contributed by atoms with van der Waals surface area (Å²) in [5, 5.41) is 15.6. The molecule has 0 saturated carbocycles. The van der Waals surface area contributed by atoms with E-state index in [1.54, 1.807) is 48.5 Å². The van der Waals surface area contributed by atoms with Crippen LogP contribution in [0.2, 0.25) is 0 Å². The van der Waals surface area contributed by atoms with Crippen molar-refractivity contribution in [1.82, 2.24) is 36.0 Å². The lowest BCUT2D eigenvalue weighted by Gasteiger charge is -2.27. The number of rotatable bonds is 7. The van der Waals surface area contributed by atoms with Gasteiger partial charge in [-0.25, -0.2) is 4.79 Å². The van der Waals surface area contributed by atoms with E-state index in [-0.39, 0.29) is 5.75 Å². The van der Waals surface area contributed by atoms with Gasteiger partial charge in [-0.3, -0.25) is 15.0 Å². The number of aromatic nitrogens is 4. The molecule has 180 valence electrons. The predicted molar refractivity (Wildman–Crippen MR) is 132 cm³/mol. The second-order valence-corrected chi connectivity index (χ2v) is 9.03. The van der Waals surface area contributed by atoms with Gasteiger partial charge in [0.15, 0.2) is 5.54 Å². The van der Waals surface area contributed by atoms with Crippen molar-refractivity contribution in [2.75, 3.05) is 5.75 Å². The quantitative estimate of drug-likeness (QED) is 0.296. The topological polar surface area (TPSA) is 122 Å². The molecule has 11 heteroatoms. The minimum Gasteiger partial charge on any atom is -0.314 e. The van der Waals surface area contributed by atoms with Gasteiger partial charge >= 0.3 is 6.03 Å². The standard InChI is InChI=1S/C25H21N7O3S/c1-17-12-14-20(15-13-17)31-24(27-29-30-31)36-16-21(33)28-32-22(34)25(26-23(32)35,18-8-4-2-5-9-18)19-10-6-3-7-11-19/h2-15H,16H2,1H3,(H,26,35)(H,28,33). The molecule has 3 aromatic carbocycles. The summed E-state index contributed by atoms with van der Waals surface area (Å²) in [5.41, 5.74) is 3.98.